The van der Waals surface area contributed by atoms with Crippen LogP contribution in [0.3, 0.4) is 0 Å². The molecule has 0 atom stereocenters. The number of hydrogen-bond donors (Lipinski definition) is 1. The lowest BCUT2D eigenvalue weighted by atomic mass is 10.2. The summed E-state index contributed by atoms with van der Waals surface area (Å²) >= 11 is 1.85. The summed E-state index contributed by atoms with van der Waals surface area (Å²) in [6.45, 7) is 8.94. The molecule has 0 aliphatic heterocycles. The number of hydrogen-bond acceptors (Lipinski definition) is 3. The summed E-state index contributed by atoms with van der Waals surface area (Å²) in [4.78, 5) is 1.32. The van der Waals surface area contributed by atoms with Gasteiger partial charge in [-0.25, -0.2) is 0 Å². The normalized spacial score (nSPS) is 11.1. The molecular formula is C14H23NOS. The zero-order chi connectivity index (χ0) is 12.5. The first-order valence-electron chi connectivity index (χ1n) is 6.25. The lowest BCUT2D eigenvalue weighted by Gasteiger charge is -2.08. The van der Waals surface area contributed by atoms with Gasteiger partial charge in [-0.1, -0.05) is 26.0 Å². The second-order valence-electron chi connectivity index (χ2n) is 4.22. The Labute approximate surface area is 109 Å². The molecule has 0 aliphatic carbocycles. The summed E-state index contributed by atoms with van der Waals surface area (Å²) in [6, 6.07) is 9.30. The first-order chi connectivity index (χ1) is 8.22. The first kappa shape index (κ1) is 14.6. The molecule has 0 unspecified atom stereocenters. The molecule has 1 rings (SSSR count). The van der Waals surface area contributed by atoms with Crippen LogP contribution in [0, 0.1) is 0 Å². The van der Waals surface area contributed by atoms with Gasteiger partial charge in [0.25, 0.3) is 0 Å². The van der Waals surface area contributed by atoms with Crippen LogP contribution < -0.4 is 5.32 Å². The second kappa shape index (κ2) is 8.56. The molecule has 0 amide bonds. The molecule has 0 saturated carbocycles. The van der Waals surface area contributed by atoms with E-state index >= 15 is 0 Å². The summed E-state index contributed by atoms with van der Waals surface area (Å²) in [7, 11) is 0. The Morgan fingerprint density at radius 3 is 2.53 bits per heavy atom. The third-order valence-corrected chi connectivity index (χ3v) is 3.31. The average Bonchev–Trinajstić information content (AvgIpc) is 2.33. The molecule has 3 heteroatoms. The van der Waals surface area contributed by atoms with Crippen molar-refractivity contribution < 1.29 is 4.74 Å². The fourth-order valence-electron chi connectivity index (χ4n) is 1.39. The highest BCUT2D eigenvalue weighted by molar-refractivity contribution is 7.99. The lowest BCUT2D eigenvalue weighted by molar-refractivity contribution is 0.164. The molecule has 0 saturated heterocycles. The molecule has 1 aromatic rings. The maximum absolute atomic E-state index is 5.31. The minimum absolute atomic E-state index is 0.537. The Balaban J connectivity index is 2.29. The molecule has 0 spiro atoms. The van der Waals surface area contributed by atoms with E-state index in [1.54, 1.807) is 0 Å². The van der Waals surface area contributed by atoms with Gasteiger partial charge in [0, 0.05) is 29.8 Å². The van der Waals surface area contributed by atoms with Crippen LogP contribution in [0.15, 0.2) is 29.2 Å². The molecule has 0 radical (unpaired) electrons. The van der Waals surface area contributed by atoms with Gasteiger partial charge in [-0.05, 0) is 24.6 Å². The molecule has 0 heterocycles. The zero-order valence-corrected chi connectivity index (χ0v) is 11.8. The van der Waals surface area contributed by atoms with Crippen molar-refractivity contribution in [2.24, 2.45) is 0 Å². The average molecular weight is 253 g/mol. The van der Waals surface area contributed by atoms with Crippen molar-refractivity contribution in [3.05, 3.63) is 29.8 Å². The van der Waals surface area contributed by atoms with E-state index in [0.29, 0.717) is 6.04 Å². The van der Waals surface area contributed by atoms with Gasteiger partial charge < -0.3 is 10.1 Å². The molecule has 0 bridgehead atoms. The van der Waals surface area contributed by atoms with Gasteiger partial charge in [0.05, 0.1) is 6.61 Å². The van der Waals surface area contributed by atoms with Gasteiger partial charge in [-0.15, -0.1) is 11.8 Å². The Morgan fingerprint density at radius 1 is 1.24 bits per heavy atom. The van der Waals surface area contributed by atoms with E-state index in [2.05, 4.69) is 43.4 Å². The Hall–Kier alpha value is -0.510. The zero-order valence-electron chi connectivity index (χ0n) is 11.0. The summed E-state index contributed by atoms with van der Waals surface area (Å²) in [6.07, 6.45) is 0. The molecule has 17 heavy (non-hydrogen) atoms. The molecule has 96 valence electrons. The largest absolute Gasteiger partial charge is 0.381 e. The van der Waals surface area contributed by atoms with E-state index in [-0.39, 0.29) is 0 Å². The number of benzene rings is 1. The molecule has 1 aromatic carbocycles. The minimum atomic E-state index is 0.537. The monoisotopic (exact) mass is 253 g/mol. The van der Waals surface area contributed by atoms with Crippen molar-refractivity contribution >= 4 is 11.8 Å². The Bertz CT molecular complexity index is 298. The molecule has 0 aromatic heterocycles. The van der Waals surface area contributed by atoms with Gasteiger partial charge in [-0.2, -0.15) is 0 Å². The van der Waals surface area contributed by atoms with Crippen molar-refractivity contribution in [1.29, 1.82) is 0 Å². The van der Waals surface area contributed by atoms with E-state index < -0.39 is 0 Å². The first-order valence-corrected chi connectivity index (χ1v) is 7.23. The van der Waals surface area contributed by atoms with Crippen molar-refractivity contribution in [3.8, 4) is 0 Å². The summed E-state index contributed by atoms with van der Waals surface area (Å²) in [5, 5.41) is 3.41. The fraction of sp³-hybridized carbons (Fsp3) is 0.571. The molecular weight excluding hydrogens is 230 g/mol. The van der Waals surface area contributed by atoms with Crippen molar-refractivity contribution in [2.75, 3.05) is 19.0 Å². The molecule has 1 N–H and O–H groups in total. The van der Waals surface area contributed by atoms with Crippen LogP contribution in [0.25, 0.3) is 0 Å². The van der Waals surface area contributed by atoms with E-state index in [1.165, 1.54) is 10.5 Å². The van der Waals surface area contributed by atoms with Gasteiger partial charge in [0.2, 0.25) is 0 Å². The van der Waals surface area contributed by atoms with Crippen LogP contribution in [0.4, 0.5) is 0 Å². The van der Waals surface area contributed by atoms with Crippen LogP contribution in [-0.4, -0.2) is 25.0 Å². The quantitative estimate of drug-likeness (QED) is 0.567. The highest BCUT2D eigenvalue weighted by Crippen LogP contribution is 2.18. The van der Waals surface area contributed by atoms with E-state index in [4.69, 9.17) is 4.74 Å². The van der Waals surface area contributed by atoms with E-state index in [0.717, 1.165) is 25.5 Å². The predicted molar refractivity (Wildman–Crippen MR) is 75.6 cm³/mol. The summed E-state index contributed by atoms with van der Waals surface area (Å²) in [5.74, 6) is 1.03. The maximum atomic E-state index is 5.31. The van der Waals surface area contributed by atoms with Gasteiger partial charge in [0.15, 0.2) is 0 Å². The standard InChI is InChI=1S/C14H23NOS/c1-4-16-9-10-17-14-7-5-13(6-8-14)11-15-12(2)3/h5-8,12,15H,4,9-11H2,1-3H3. The SMILES string of the molecule is CCOCCSc1ccc(CNC(C)C)cc1. The van der Waals surface area contributed by atoms with Crippen LogP contribution in [-0.2, 0) is 11.3 Å². The number of ether oxygens (including phenoxy) is 1. The van der Waals surface area contributed by atoms with Crippen molar-refractivity contribution in [2.45, 2.75) is 38.3 Å². The van der Waals surface area contributed by atoms with Crippen molar-refractivity contribution in [1.82, 2.24) is 5.32 Å². The second-order valence-corrected chi connectivity index (χ2v) is 5.39. The Morgan fingerprint density at radius 2 is 1.94 bits per heavy atom. The van der Waals surface area contributed by atoms with Crippen LogP contribution in [0.1, 0.15) is 26.3 Å². The van der Waals surface area contributed by atoms with Crippen molar-refractivity contribution in [3.63, 3.8) is 0 Å². The summed E-state index contributed by atoms with van der Waals surface area (Å²) in [5.41, 5.74) is 1.34. The topological polar surface area (TPSA) is 21.3 Å². The molecule has 2 nitrogen and oxygen atoms in total. The fourth-order valence-corrected chi connectivity index (χ4v) is 2.15. The Kier molecular flexibility index (Phi) is 7.33. The smallest absolute Gasteiger partial charge is 0.0560 e. The van der Waals surface area contributed by atoms with Gasteiger partial charge >= 0.3 is 0 Å². The number of rotatable bonds is 8. The van der Waals surface area contributed by atoms with E-state index in [1.807, 2.05) is 18.7 Å². The van der Waals surface area contributed by atoms with Gasteiger partial charge in [0.1, 0.15) is 0 Å². The third-order valence-electron chi connectivity index (χ3n) is 2.34. The highest BCUT2D eigenvalue weighted by Gasteiger charge is 1.97. The maximum Gasteiger partial charge on any atom is 0.0560 e. The van der Waals surface area contributed by atoms with Crippen LogP contribution in [0.2, 0.25) is 0 Å². The van der Waals surface area contributed by atoms with Gasteiger partial charge in [-0.3, -0.25) is 0 Å². The third kappa shape index (κ3) is 6.71. The predicted octanol–water partition coefficient (Wildman–Crippen LogP) is 3.31. The van der Waals surface area contributed by atoms with E-state index in [9.17, 15) is 0 Å². The summed E-state index contributed by atoms with van der Waals surface area (Å²) < 4.78 is 5.31. The van der Waals surface area contributed by atoms with Crippen LogP contribution in [0.5, 0.6) is 0 Å². The molecule has 0 aliphatic rings. The number of nitrogens with one attached hydrogen (secondary N) is 1. The minimum Gasteiger partial charge on any atom is -0.381 e. The lowest BCUT2D eigenvalue weighted by Crippen LogP contribution is -2.21. The molecule has 0 fully saturated rings. The van der Waals surface area contributed by atoms with Crippen LogP contribution >= 0.6 is 11.8 Å². The highest BCUT2D eigenvalue weighted by atomic mass is 32.2. The number of thioether (sulfide) groups is 1.